The molecule has 0 amide bonds. The van der Waals surface area contributed by atoms with E-state index >= 15 is 0 Å². The predicted octanol–water partition coefficient (Wildman–Crippen LogP) is 5.72. The summed E-state index contributed by atoms with van der Waals surface area (Å²) in [6.45, 7) is 2.14. The van der Waals surface area contributed by atoms with Crippen LogP contribution >= 0.6 is 0 Å². The van der Waals surface area contributed by atoms with Crippen LogP contribution in [0.4, 0.5) is 4.39 Å². The van der Waals surface area contributed by atoms with E-state index in [1.54, 1.807) is 0 Å². The zero-order valence-electron chi connectivity index (χ0n) is 11.7. The third kappa shape index (κ3) is 4.51. The maximum atomic E-state index is 12.9. The van der Waals surface area contributed by atoms with E-state index in [1.165, 1.54) is 23.3 Å². The molecule has 2 aromatic rings. The first-order chi connectivity index (χ1) is 9.78. The molecule has 0 saturated carbocycles. The monoisotopic (exact) mass is 266 g/mol. The van der Waals surface area contributed by atoms with Crippen LogP contribution < -0.4 is 0 Å². The summed E-state index contributed by atoms with van der Waals surface area (Å²) in [6, 6.07) is 16.9. The number of allylic oxidation sites excluding steroid dienone is 2. The van der Waals surface area contributed by atoms with Gasteiger partial charge in [-0.05, 0) is 36.1 Å². The van der Waals surface area contributed by atoms with E-state index in [-0.39, 0.29) is 5.82 Å². The molecule has 0 radical (unpaired) electrons. The van der Waals surface area contributed by atoms with E-state index in [0.717, 1.165) is 18.4 Å². The summed E-state index contributed by atoms with van der Waals surface area (Å²) in [7, 11) is 0. The van der Waals surface area contributed by atoms with Gasteiger partial charge in [0.25, 0.3) is 0 Å². The molecule has 0 fully saturated rings. The molecule has 2 aromatic carbocycles. The van der Waals surface area contributed by atoms with Gasteiger partial charge in [0.15, 0.2) is 0 Å². The van der Waals surface area contributed by atoms with Crippen molar-refractivity contribution in [1.82, 2.24) is 0 Å². The van der Waals surface area contributed by atoms with Crippen molar-refractivity contribution in [3.63, 3.8) is 0 Å². The fourth-order valence-corrected chi connectivity index (χ4v) is 2.01. The van der Waals surface area contributed by atoms with Crippen molar-refractivity contribution in [3.8, 4) is 0 Å². The third-order valence-corrected chi connectivity index (χ3v) is 3.18. The highest BCUT2D eigenvalue weighted by Gasteiger charge is 1.95. The quantitative estimate of drug-likeness (QED) is 0.649. The normalized spacial score (nSPS) is 12.0. The lowest BCUT2D eigenvalue weighted by Crippen LogP contribution is -1.81. The molecule has 0 saturated heterocycles. The summed E-state index contributed by atoms with van der Waals surface area (Å²) in [5, 5.41) is 0. The lowest BCUT2D eigenvalue weighted by Gasteiger charge is -2.01. The molecule has 0 aliphatic rings. The summed E-state index contributed by atoms with van der Waals surface area (Å²) >= 11 is 0. The van der Waals surface area contributed by atoms with Crippen LogP contribution in [-0.4, -0.2) is 0 Å². The van der Waals surface area contributed by atoms with Gasteiger partial charge in [-0.1, -0.05) is 73.2 Å². The first-order valence-corrected chi connectivity index (χ1v) is 6.94. The van der Waals surface area contributed by atoms with Gasteiger partial charge in [0.2, 0.25) is 0 Å². The maximum absolute atomic E-state index is 12.9. The first kappa shape index (κ1) is 14.3. The van der Waals surface area contributed by atoms with Gasteiger partial charge in [-0.2, -0.15) is 0 Å². The van der Waals surface area contributed by atoms with E-state index in [4.69, 9.17) is 0 Å². The predicted molar refractivity (Wildman–Crippen MR) is 84.8 cm³/mol. The van der Waals surface area contributed by atoms with Gasteiger partial charge in [-0.3, -0.25) is 0 Å². The first-order valence-electron chi connectivity index (χ1n) is 6.94. The fraction of sp³-hybridized carbons (Fsp3) is 0.158. The van der Waals surface area contributed by atoms with Crippen molar-refractivity contribution >= 4 is 12.2 Å². The molecule has 0 nitrogen and oxygen atoms in total. The number of benzene rings is 2. The van der Waals surface area contributed by atoms with Crippen LogP contribution in [0.1, 0.15) is 30.9 Å². The topological polar surface area (TPSA) is 0 Å². The molecule has 1 heteroatoms. The molecule has 0 spiro atoms. The van der Waals surface area contributed by atoms with Crippen LogP contribution in [-0.2, 0) is 0 Å². The molecule has 0 aromatic heterocycles. The van der Waals surface area contributed by atoms with Crippen molar-refractivity contribution in [3.05, 3.63) is 83.2 Å². The van der Waals surface area contributed by atoms with Gasteiger partial charge in [0.05, 0.1) is 0 Å². The highest BCUT2D eigenvalue weighted by atomic mass is 19.1. The Morgan fingerprint density at radius 3 is 2.30 bits per heavy atom. The van der Waals surface area contributed by atoms with Crippen LogP contribution in [0.25, 0.3) is 12.2 Å². The summed E-state index contributed by atoms with van der Waals surface area (Å²) in [4.78, 5) is 0. The second-order valence-electron chi connectivity index (χ2n) is 4.72. The Bertz CT molecular complexity index is 577. The van der Waals surface area contributed by atoms with Gasteiger partial charge in [0, 0.05) is 0 Å². The lowest BCUT2D eigenvalue weighted by molar-refractivity contribution is 0.628. The Balaban J connectivity index is 2.02. The van der Waals surface area contributed by atoms with E-state index in [2.05, 4.69) is 37.3 Å². The standard InChI is InChI=1S/C19H19F/c1-2-16(15-18-11-13-19(20)14-12-18)9-6-10-17-7-4-3-5-8-17/h3-8,10-15H,2,9H2,1H3/b10-6+,16-15+. The maximum Gasteiger partial charge on any atom is 0.123 e. The number of hydrogen-bond acceptors (Lipinski definition) is 0. The van der Waals surface area contributed by atoms with Crippen LogP contribution in [0.15, 0.2) is 66.2 Å². The molecule has 0 N–H and O–H groups in total. The second kappa shape index (κ2) is 7.44. The average molecular weight is 266 g/mol. The SMILES string of the molecule is CC/C(=C\c1ccc(F)cc1)C/C=C/c1ccccc1. The number of halogens is 1. The van der Waals surface area contributed by atoms with E-state index < -0.39 is 0 Å². The second-order valence-corrected chi connectivity index (χ2v) is 4.72. The highest BCUT2D eigenvalue weighted by molar-refractivity contribution is 5.55. The Kier molecular flexibility index (Phi) is 5.31. The van der Waals surface area contributed by atoms with Crippen molar-refractivity contribution < 1.29 is 4.39 Å². The molecular formula is C19H19F. The van der Waals surface area contributed by atoms with Crippen LogP contribution in [0.5, 0.6) is 0 Å². The van der Waals surface area contributed by atoms with E-state index in [0.29, 0.717) is 0 Å². The van der Waals surface area contributed by atoms with Crippen molar-refractivity contribution in [2.24, 2.45) is 0 Å². The van der Waals surface area contributed by atoms with E-state index in [1.807, 2.05) is 30.3 Å². The Morgan fingerprint density at radius 2 is 1.65 bits per heavy atom. The third-order valence-electron chi connectivity index (χ3n) is 3.18. The zero-order chi connectivity index (χ0) is 14.2. The molecule has 102 valence electrons. The number of hydrogen-bond donors (Lipinski definition) is 0. The molecule has 2 rings (SSSR count). The molecule has 0 bridgehead atoms. The fourth-order valence-electron chi connectivity index (χ4n) is 2.01. The smallest absolute Gasteiger partial charge is 0.123 e. The van der Waals surface area contributed by atoms with Crippen molar-refractivity contribution in [2.75, 3.05) is 0 Å². The summed E-state index contributed by atoms with van der Waals surface area (Å²) < 4.78 is 12.9. The molecule has 0 atom stereocenters. The Labute approximate surface area is 120 Å². The highest BCUT2D eigenvalue weighted by Crippen LogP contribution is 2.15. The largest absolute Gasteiger partial charge is 0.207 e. The van der Waals surface area contributed by atoms with Crippen molar-refractivity contribution in [2.45, 2.75) is 19.8 Å². The van der Waals surface area contributed by atoms with Crippen LogP contribution in [0.2, 0.25) is 0 Å². The van der Waals surface area contributed by atoms with E-state index in [9.17, 15) is 4.39 Å². The molecule has 0 aliphatic heterocycles. The minimum absolute atomic E-state index is 0.191. The lowest BCUT2D eigenvalue weighted by atomic mass is 10.0. The summed E-state index contributed by atoms with van der Waals surface area (Å²) in [5.41, 5.74) is 3.60. The minimum atomic E-state index is -0.191. The van der Waals surface area contributed by atoms with Crippen LogP contribution in [0.3, 0.4) is 0 Å². The summed E-state index contributed by atoms with van der Waals surface area (Å²) in [6.07, 6.45) is 8.36. The van der Waals surface area contributed by atoms with Gasteiger partial charge < -0.3 is 0 Å². The molecule has 20 heavy (non-hydrogen) atoms. The zero-order valence-corrected chi connectivity index (χ0v) is 11.7. The Hall–Kier alpha value is -2.15. The molecular weight excluding hydrogens is 247 g/mol. The van der Waals surface area contributed by atoms with Crippen molar-refractivity contribution in [1.29, 1.82) is 0 Å². The van der Waals surface area contributed by atoms with Gasteiger partial charge in [-0.25, -0.2) is 4.39 Å². The van der Waals surface area contributed by atoms with Gasteiger partial charge in [0.1, 0.15) is 5.82 Å². The Morgan fingerprint density at radius 1 is 0.950 bits per heavy atom. The minimum Gasteiger partial charge on any atom is -0.207 e. The number of rotatable bonds is 5. The average Bonchev–Trinajstić information content (AvgIpc) is 2.49. The molecule has 0 unspecified atom stereocenters. The van der Waals surface area contributed by atoms with Gasteiger partial charge in [-0.15, -0.1) is 0 Å². The summed E-state index contributed by atoms with van der Waals surface area (Å²) in [5.74, 6) is -0.191. The van der Waals surface area contributed by atoms with Crippen LogP contribution in [0, 0.1) is 5.82 Å². The molecule has 0 aliphatic carbocycles. The van der Waals surface area contributed by atoms with Gasteiger partial charge >= 0.3 is 0 Å². The molecule has 0 heterocycles.